The highest BCUT2D eigenvalue weighted by atomic mass is 35.5. The summed E-state index contributed by atoms with van der Waals surface area (Å²) in [6.07, 6.45) is 0. The summed E-state index contributed by atoms with van der Waals surface area (Å²) >= 11 is 5.89. The van der Waals surface area contributed by atoms with E-state index in [1.165, 1.54) is 4.80 Å². The monoisotopic (exact) mass is 252 g/mol. The Kier molecular flexibility index (Phi) is 2.92. The summed E-state index contributed by atoms with van der Waals surface area (Å²) in [4.78, 5) is 13.1. The number of rotatable bonds is 2. The first-order valence-electron chi connectivity index (χ1n) is 4.67. The van der Waals surface area contributed by atoms with Gasteiger partial charge in [0.1, 0.15) is 0 Å². The molecule has 88 valence electrons. The number of carbonyl (C=O) groups is 1. The van der Waals surface area contributed by atoms with Crippen LogP contribution in [0, 0.1) is 0 Å². The van der Waals surface area contributed by atoms with Crippen LogP contribution in [0.15, 0.2) is 18.2 Å². The van der Waals surface area contributed by atoms with Gasteiger partial charge in [-0.05, 0) is 17.3 Å². The number of nitrogens with zero attached hydrogens (tertiary/aromatic N) is 4. The minimum Gasteiger partial charge on any atom is -0.398 e. The molecule has 0 radical (unpaired) electrons. The number of hydrogen-bond acceptors (Lipinski definition) is 5. The minimum absolute atomic E-state index is 0.0943. The van der Waals surface area contributed by atoms with E-state index in [4.69, 9.17) is 17.3 Å². The SMILES string of the molecule is Cn1nnc(NC(=O)c2c(N)cccc2Cl)n1. The normalized spacial score (nSPS) is 10.2. The fraction of sp³-hybridized carbons (Fsp3) is 0.111. The van der Waals surface area contributed by atoms with E-state index in [2.05, 4.69) is 20.7 Å². The van der Waals surface area contributed by atoms with Crippen molar-refractivity contribution in [3.63, 3.8) is 0 Å². The van der Waals surface area contributed by atoms with Gasteiger partial charge in [-0.15, -0.1) is 5.10 Å². The molecule has 0 unspecified atom stereocenters. The molecule has 1 amide bonds. The van der Waals surface area contributed by atoms with Crippen LogP contribution in [-0.2, 0) is 7.05 Å². The van der Waals surface area contributed by atoms with E-state index in [1.807, 2.05) is 0 Å². The van der Waals surface area contributed by atoms with Gasteiger partial charge in [0.05, 0.1) is 17.6 Å². The lowest BCUT2D eigenvalue weighted by molar-refractivity contribution is 0.102. The van der Waals surface area contributed by atoms with Gasteiger partial charge in [-0.1, -0.05) is 22.8 Å². The van der Waals surface area contributed by atoms with Crippen molar-refractivity contribution in [1.82, 2.24) is 20.2 Å². The van der Waals surface area contributed by atoms with Gasteiger partial charge in [-0.25, -0.2) is 0 Å². The molecule has 0 atom stereocenters. The van der Waals surface area contributed by atoms with Crippen molar-refractivity contribution in [3.05, 3.63) is 28.8 Å². The van der Waals surface area contributed by atoms with Gasteiger partial charge in [-0.2, -0.15) is 4.80 Å². The fourth-order valence-electron chi connectivity index (χ4n) is 1.28. The van der Waals surface area contributed by atoms with Crippen LogP contribution >= 0.6 is 11.6 Å². The number of benzene rings is 1. The predicted molar refractivity (Wildman–Crippen MR) is 62.6 cm³/mol. The van der Waals surface area contributed by atoms with Gasteiger partial charge in [0.25, 0.3) is 11.9 Å². The minimum atomic E-state index is -0.471. The van der Waals surface area contributed by atoms with Crippen LogP contribution < -0.4 is 11.1 Å². The number of tetrazole rings is 1. The van der Waals surface area contributed by atoms with Crippen molar-refractivity contribution in [1.29, 1.82) is 0 Å². The molecule has 0 aliphatic heterocycles. The van der Waals surface area contributed by atoms with Crippen LogP contribution in [-0.4, -0.2) is 26.1 Å². The Morgan fingerprint density at radius 2 is 2.29 bits per heavy atom. The summed E-state index contributed by atoms with van der Waals surface area (Å²) < 4.78 is 0. The van der Waals surface area contributed by atoms with Crippen LogP contribution in [0.25, 0.3) is 0 Å². The summed E-state index contributed by atoms with van der Waals surface area (Å²) in [5.74, 6) is -0.377. The zero-order chi connectivity index (χ0) is 12.4. The molecule has 0 saturated heterocycles. The van der Waals surface area contributed by atoms with Crippen LogP contribution in [0.3, 0.4) is 0 Å². The third-order valence-corrected chi connectivity index (χ3v) is 2.32. The summed E-state index contributed by atoms with van der Waals surface area (Å²) in [5.41, 5.74) is 6.16. The quantitative estimate of drug-likeness (QED) is 0.767. The highest BCUT2D eigenvalue weighted by Gasteiger charge is 2.15. The van der Waals surface area contributed by atoms with E-state index < -0.39 is 5.91 Å². The lowest BCUT2D eigenvalue weighted by Crippen LogP contribution is -2.15. The molecule has 1 heterocycles. The van der Waals surface area contributed by atoms with Gasteiger partial charge in [0, 0.05) is 5.69 Å². The number of carbonyl (C=O) groups excluding carboxylic acids is 1. The van der Waals surface area contributed by atoms with Gasteiger partial charge in [0.2, 0.25) is 0 Å². The molecule has 1 aromatic heterocycles. The molecule has 2 aromatic rings. The molecule has 0 bridgehead atoms. The Morgan fingerprint density at radius 3 is 2.88 bits per heavy atom. The lowest BCUT2D eigenvalue weighted by Gasteiger charge is -2.06. The molecule has 3 N–H and O–H groups in total. The molecule has 7 nitrogen and oxygen atoms in total. The summed E-state index contributed by atoms with van der Waals surface area (Å²) in [6, 6.07) is 4.83. The molecule has 8 heteroatoms. The van der Waals surface area contributed by atoms with Crippen molar-refractivity contribution >= 4 is 29.1 Å². The van der Waals surface area contributed by atoms with Crippen LogP contribution in [0.5, 0.6) is 0 Å². The molecule has 0 aliphatic rings. The number of aryl methyl sites for hydroxylation is 1. The van der Waals surface area contributed by atoms with Gasteiger partial charge < -0.3 is 5.73 Å². The summed E-state index contributed by atoms with van der Waals surface area (Å²) in [5, 5.41) is 13.7. The number of nitrogens with one attached hydrogen (secondary N) is 1. The Bertz CT molecular complexity index is 546. The van der Waals surface area contributed by atoms with Gasteiger partial charge in [-0.3, -0.25) is 10.1 Å². The van der Waals surface area contributed by atoms with Crippen LogP contribution in [0.2, 0.25) is 5.02 Å². The van der Waals surface area contributed by atoms with E-state index in [-0.39, 0.29) is 16.5 Å². The molecule has 0 fully saturated rings. The predicted octanol–water partition coefficient (Wildman–Crippen LogP) is 0.698. The maximum absolute atomic E-state index is 11.9. The maximum Gasteiger partial charge on any atom is 0.270 e. The number of nitrogens with two attached hydrogens (primary N) is 1. The Labute approximate surface area is 102 Å². The zero-order valence-electron chi connectivity index (χ0n) is 8.88. The molecular weight excluding hydrogens is 244 g/mol. The summed E-state index contributed by atoms with van der Waals surface area (Å²) in [7, 11) is 1.59. The van der Waals surface area contributed by atoms with E-state index in [0.29, 0.717) is 5.69 Å². The third kappa shape index (κ3) is 2.34. The second-order valence-corrected chi connectivity index (χ2v) is 3.67. The standard InChI is InChI=1S/C9H9ClN6O/c1-16-14-9(13-15-16)12-8(17)7-5(10)3-2-4-6(7)11/h2-4H,11H2,1H3,(H,12,14,17). The topological polar surface area (TPSA) is 98.7 Å². The molecule has 0 spiro atoms. The summed E-state index contributed by atoms with van der Waals surface area (Å²) in [6.45, 7) is 0. The van der Waals surface area contributed by atoms with E-state index in [0.717, 1.165) is 0 Å². The average Bonchev–Trinajstić information content (AvgIpc) is 2.63. The average molecular weight is 253 g/mol. The van der Waals surface area contributed by atoms with E-state index >= 15 is 0 Å². The second kappa shape index (κ2) is 4.38. The van der Waals surface area contributed by atoms with Crippen molar-refractivity contribution < 1.29 is 4.79 Å². The van der Waals surface area contributed by atoms with Gasteiger partial charge in [0.15, 0.2) is 0 Å². The fourth-order valence-corrected chi connectivity index (χ4v) is 1.55. The highest BCUT2D eigenvalue weighted by molar-refractivity contribution is 6.35. The number of aromatic nitrogens is 4. The number of amides is 1. The second-order valence-electron chi connectivity index (χ2n) is 3.26. The first-order valence-corrected chi connectivity index (χ1v) is 5.05. The van der Waals surface area contributed by atoms with Crippen molar-refractivity contribution in [3.8, 4) is 0 Å². The van der Waals surface area contributed by atoms with Crippen molar-refractivity contribution in [2.75, 3.05) is 11.1 Å². The Hall–Kier alpha value is -2.15. The molecule has 17 heavy (non-hydrogen) atoms. The van der Waals surface area contributed by atoms with Crippen LogP contribution in [0.4, 0.5) is 11.6 Å². The number of anilines is 2. The smallest absolute Gasteiger partial charge is 0.270 e. The van der Waals surface area contributed by atoms with Crippen molar-refractivity contribution in [2.45, 2.75) is 0 Å². The molecular formula is C9H9ClN6O. The Morgan fingerprint density at radius 1 is 1.53 bits per heavy atom. The highest BCUT2D eigenvalue weighted by Crippen LogP contribution is 2.22. The number of hydrogen-bond donors (Lipinski definition) is 2. The lowest BCUT2D eigenvalue weighted by atomic mass is 10.1. The molecule has 1 aromatic carbocycles. The molecule has 0 saturated carbocycles. The maximum atomic E-state index is 11.9. The van der Waals surface area contributed by atoms with Crippen molar-refractivity contribution in [2.24, 2.45) is 7.05 Å². The number of halogens is 1. The zero-order valence-corrected chi connectivity index (χ0v) is 9.64. The van der Waals surface area contributed by atoms with E-state index in [9.17, 15) is 4.79 Å². The first kappa shape index (κ1) is 11.3. The largest absolute Gasteiger partial charge is 0.398 e. The number of nitrogen functional groups attached to an aromatic ring is 1. The van der Waals surface area contributed by atoms with E-state index in [1.54, 1.807) is 25.2 Å². The first-order chi connectivity index (χ1) is 8.08. The third-order valence-electron chi connectivity index (χ3n) is 2.01. The molecule has 2 rings (SSSR count). The van der Waals surface area contributed by atoms with Gasteiger partial charge >= 0.3 is 0 Å². The Balaban J connectivity index is 2.26. The van der Waals surface area contributed by atoms with Crippen LogP contribution in [0.1, 0.15) is 10.4 Å². The molecule has 0 aliphatic carbocycles.